The van der Waals surface area contributed by atoms with E-state index in [1.165, 1.54) is 6.21 Å². The number of ether oxygens (including phenoxy) is 2. The Balaban J connectivity index is 1.39. The van der Waals surface area contributed by atoms with Gasteiger partial charge in [0.1, 0.15) is 5.75 Å². The Hall–Kier alpha value is -3.72. The molecular formula is C24H28N4O5. The first-order valence-electron chi connectivity index (χ1n) is 10.9. The predicted octanol–water partition coefficient (Wildman–Crippen LogP) is 2.01. The van der Waals surface area contributed by atoms with Crippen molar-refractivity contribution in [3.05, 3.63) is 59.7 Å². The Kier molecular flexibility index (Phi) is 8.96. The second-order valence-electron chi connectivity index (χ2n) is 7.46. The fourth-order valence-electron chi connectivity index (χ4n) is 3.24. The predicted molar refractivity (Wildman–Crippen MR) is 124 cm³/mol. The highest BCUT2D eigenvalue weighted by Crippen LogP contribution is 2.16. The smallest absolute Gasteiger partial charge is 0.329 e. The molecule has 1 fully saturated rings. The van der Waals surface area contributed by atoms with E-state index >= 15 is 0 Å². The zero-order valence-corrected chi connectivity index (χ0v) is 18.5. The summed E-state index contributed by atoms with van der Waals surface area (Å²) in [6.45, 7) is 2.89. The molecule has 1 heterocycles. The van der Waals surface area contributed by atoms with Gasteiger partial charge in [-0.2, -0.15) is 5.10 Å². The number of para-hydroxylation sites is 1. The standard InChI is InChI=1S/C24H28N4O5/c1-2-18-6-3-4-8-21(18)27-22(29)16-33-19-11-9-17(10-12-19)14-26-28-24(31)23(30)25-15-20-7-5-13-32-20/h3-4,6,8-12,14,20H,2,5,7,13,15-16H2,1H3,(H,25,30)(H,27,29)(H,28,31)/b26-14-/t20-/m0/s1. The van der Waals surface area contributed by atoms with Gasteiger partial charge in [0.15, 0.2) is 6.61 Å². The van der Waals surface area contributed by atoms with Crippen LogP contribution in [0.5, 0.6) is 5.75 Å². The van der Waals surface area contributed by atoms with E-state index in [0.717, 1.165) is 30.5 Å². The van der Waals surface area contributed by atoms with Gasteiger partial charge in [-0.3, -0.25) is 14.4 Å². The van der Waals surface area contributed by atoms with E-state index in [1.807, 2.05) is 31.2 Å². The largest absolute Gasteiger partial charge is 0.484 e. The van der Waals surface area contributed by atoms with Gasteiger partial charge in [-0.05, 0) is 60.7 Å². The summed E-state index contributed by atoms with van der Waals surface area (Å²) in [4.78, 5) is 35.7. The second-order valence-corrected chi connectivity index (χ2v) is 7.46. The number of nitrogens with zero attached hydrogens (tertiary/aromatic N) is 1. The number of hydrazone groups is 1. The molecule has 3 amide bonds. The van der Waals surface area contributed by atoms with E-state index in [0.29, 0.717) is 24.5 Å². The third-order valence-electron chi connectivity index (χ3n) is 5.02. The van der Waals surface area contributed by atoms with Gasteiger partial charge >= 0.3 is 11.8 Å². The van der Waals surface area contributed by atoms with Crippen molar-refractivity contribution in [2.45, 2.75) is 32.3 Å². The molecule has 1 aliphatic rings. The highest BCUT2D eigenvalue weighted by atomic mass is 16.5. The lowest BCUT2D eigenvalue weighted by molar-refractivity contribution is -0.139. The van der Waals surface area contributed by atoms with Crippen LogP contribution in [0.4, 0.5) is 5.69 Å². The molecule has 9 nitrogen and oxygen atoms in total. The number of nitrogens with one attached hydrogen (secondary N) is 3. The van der Waals surface area contributed by atoms with Gasteiger partial charge in [-0.1, -0.05) is 25.1 Å². The molecule has 3 rings (SSSR count). The van der Waals surface area contributed by atoms with Crippen LogP contribution in [0.3, 0.4) is 0 Å². The maximum Gasteiger partial charge on any atom is 0.329 e. The Bertz CT molecular complexity index is 985. The first kappa shape index (κ1) is 23.9. The molecule has 1 aliphatic heterocycles. The van der Waals surface area contributed by atoms with Gasteiger partial charge in [0.25, 0.3) is 5.91 Å². The quantitative estimate of drug-likeness (QED) is 0.306. The molecule has 3 N–H and O–H groups in total. The molecule has 174 valence electrons. The molecule has 2 aromatic carbocycles. The summed E-state index contributed by atoms with van der Waals surface area (Å²) in [5, 5.41) is 9.16. The number of amides is 3. The first-order valence-corrected chi connectivity index (χ1v) is 10.9. The number of hydrogen-bond acceptors (Lipinski definition) is 6. The highest BCUT2D eigenvalue weighted by Gasteiger charge is 2.18. The second kappa shape index (κ2) is 12.4. The maximum atomic E-state index is 12.2. The fraction of sp³-hybridized carbons (Fsp3) is 0.333. The van der Waals surface area contributed by atoms with E-state index < -0.39 is 11.8 Å². The number of benzene rings is 2. The average Bonchev–Trinajstić information content (AvgIpc) is 3.36. The molecule has 0 saturated carbocycles. The van der Waals surface area contributed by atoms with Crippen LogP contribution in [0.15, 0.2) is 53.6 Å². The van der Waals surface area contributed by atoms with Crippen molar-refractivity contribution in [1.82, 2.24) is 10.7 Å². The van der Waals surface area contributed by atoms with Gasteiger partial charge in [-0.25, -0.2) is 5.43 Å². The third-order valence-corrected chi connectivity index (χ3v) is 5.02. The van der Waals surface area contributed by atoms with Gasteiger partial charge in [0, 0.05) is 18.8 Å². The van der Waals surface area contributed by atoms with Crippen LogP contribution in [0.1, 0.15) is 30.9 Å². The van der Waals surface area contributed by atoms with Crippen LogP contribution in [0, 0.1) is 0 Å². The van der Waals surface area contributed by atoms with Crippen LogP contribution in [0.25, 0.3) is 0 Å². The molecular weight excluding hydrogens is 424 g/mol. The number of anilines is 1. The summed E-state index contributed by atoms with van der Waals surface area (Å²) >= 11 is 0. The van der Waals surface area contributed by atoms with E-state index in [-0.39, 0.29) is 18.6 Å². The van der Waals surface area contributed by atoms with E-state index in [2.05, 4.69) is 21.2 Å². The Morgan fingerprint density at radius 1 is 1.12 bits per heavy atom. The van der Waals surface area contributed by atoms with Crippen molar-refractivity contribution in [3.8, 4) is 5.75 Å². The molecule has 0 radical (unpaired) electrons. The van der Waals surface area contributed by atoms with Crippen molar-refractivity contribution in [2.75, 3.05) is 25.1 Å². The molecule has 0 aromatic heterocycles. The zero-order valence-electron chi connectivity index (χ0n) is 18.5. The minimum Gasteiger partial charge on any atom is -0.484 e. The minimum absolute atomic E-state index is 0.0378. The first-order chi connectivity index (χ1) is 16.0. The monoisotopic (exact) mass is 452 g/mol. The lowest BCUT2D eigenvalue weighted by Gasteiger charge is -2.10. The summed E-state index contributed by atoms with van der Waals surface area (Å²) in [6.07, 6.45) is 4.02. The summed E-state index contributed by atoms with van der Waals surface area (Å²) < 4.78 is 10.9. The lowest BCUT2D eigenvalue weighted by atomic mass is 10.1. The third kappa shape index (κ3) is 7.73. The summed E-state index contributed by atoms with van der Waals surface area (Å²) in [5.74, 6) is -1.34. The molecule has 9 heteroatoms. The molecule has 0 spiro atoms. The SMILES string of the molecule is CCc1ccccc1NC(=O)COc1ccc(/C=N\NC(=O)C(=O)NC[C@@H]2CCCO2)cc1. The minimum atomic E-state index is -0.847. The number of rotatable bonds is 9. The van der Waals surface area contributed by atoms with Gasteiger partial charge in [-0.15, -0.1) is 0 Å². The highest BCUT2D eigenvalue weighted by molar-refractivity contribution is 6.35. The van der Waals surface area contributed by atoms with Crippen LogP contribution < -0.4 is 20.8 Å². The Morgan fingerprint density at radius 3 is 2.64 bits per heavy atom. The average molecular weight is 453 g/mol. The molecule has 0 bridgehead atoms. The zero-order chi connectivity index (χ0) is 23.5. The van der Waals surface area contributed by atoms with Gasteiger partial charge < -0.3 is 20.1 Å². The van der Waals surface area contributed by atoms with Crippen LogP contribution in [0.2, 0.25) is 0 Å². The summed E-state index contributed by atoms with van der Waals surface area (Å²) in [7, 11) is 0. The summed E-state index contributed by atoms with van der Waals surface area (Å²) in [6, 6.07) is 14.4. The number of carbonyl (C=O) groups is 3. The van der Waals surface area contributed by atoms with Crippen molar-refractivity contribution in [1.29, 1.82) is 0 Å². The lowest BCUT2D eigenvalue weighted by Crippen LogP contribution is -2.41. The van der Waals surface area contributed by atoms with Gasteiger partial charge in [0.05, 0.1) is 12.3 Å². The molecule has 1 atom stereocenters. The number of hydrogen-bond donors (Lipinski definition) is 3. The van der Waals surface area contributed by atoms with Crippen molar-refractivity contribution in [2.24, 2.45) is 5.10 Å². The van der Waals surface area contributed by atoms with Crippen LogP contribution in [-0.2, 0) is 25.5 Å². The van der Waals surface area contributed by atoms with Crippen molar-refractivity contribution >= 4 is 29.6 Å². The Morgan fingerprint density at radius 2 is 1.91 bits per heavy atom. The van der Waals surface area contributed by atoms with Crippen LogP contribution in [-0.4, -0.2) is 49.8 Å². The number of carbonyl (C=O) groups excluding carboxylic acids is 3. The molecule has 0 unspecified atom stereocenters. The molecule has 0 aliphatic carbocycles. The Labute approximate surface area is 192 Å². The van der Waals surface area contributed by atoms with Gasteiger partial charge in [0.2, 0.25) is 0 Å². The normalized spacial score (nSPS) is 15.2. The maximum absolute atomic E-state index is 12.2. The fourth-order valence-corrected chi connectivity index (χ4v) is 3.24. The molecule has 2 aromatic rings. The van der Waals surface area contributed by atoms with E-state index in [1.54, 1.807) is 24.3 Å². The van der Waals surface area contributed by atoms with Crippen LogP contribution >= 0.6 is 0 Å². The molecule has 33 heavy (non-hydrogen) atoms. The topological polar surface area (TPSA) is 118 Å². The summed E-state index contributed by atoms with van der Waals surface area (Å²) in [5.41, 5.74) is 4.71. The van der Waals surface area contributed by atoms with Crippen molar-refractivity contribution < 1.29 is 23.9 Å². The van der Waals surface area contributed by atoms with E-state index in [9.17, 15) is 14.4 Å². The van der Waals surface area contributed by atoms with E-state index in [4.69, 9.17) is 9.47 Å². The van der Waals surface area contributed by atoms with Crippen molar-refractivity contribution in [3.63, 3.8) is 0 Å². The number of aryl methyl sites for hydroxylation is 1. The molecule has 1 saturated heterocycles.